The molecule has 0 saturated heterocycles. The van der Waals surface area contributed by atoms with Crippen molar-refractivity contribution in [3.63, 3.8) is 0 Å². The van der Waals surface area contributed by atoms with Crippen LogP contribution in [-0.4, -0.2) is 22.4 Å². The lowest BCUT2D eigenvalue weighted by Gasteiger charge is -2.31. The average Bonchev–Trinajstić information content (AvgIpc) is 2.58. The van der Waals surface area contributed by atoms with Crippen LogP contribution in [0.5, 0.6) is 0 Å². The van der Waals surface area contributed by atoms with Crippen LogP contribution in [0, 0.1) is 5.41 Å². The highest BCUT2D eigenvalue weighted by atomic mass is 15.3. The monoisotopic (exact) mass is 237 g/mol. The summed E-state index contributed by atoms with van der Waals surface area (Å²) in [5.74, 6) is 0. The SMILES string of the molecule is CCNC(Cc1cc(CC)nn1C)C(C)(C)C. The zero-order valence-electron chi connectivity index (χ0n) is 12.2. The van der Waals surface area contributed by atoms with Crippen LogP contribution in [0.1, 0.15) is 46.0 Å². The van der Waals surface area contributed by atoms with Gasteiger partial charge in [-0.15, -0.1) is 0 Å². The molecule has 0 aliphatic heterocycles. The molecule has 0 aliphatic carbocycles. The summed E-state index contributed by atoms with van der Waals surface area (Å²) >= 11 is 0. The highest BCUT2D eigenvalue weighted by Crippen LogP contribution is 2.22. The van der Waals surface area contributed by atoms with E-state index in [1.807, 2.05) is 11.7 Å². The van der Waals surface area contributed by atoms with Crippen molar-refractivity contribution in [2.75, 3.05) is 6.54 Å². The van der Waals surface area contributed by atoms with Gasteiger partial charge in [0.1, 0.15) is 0 Å². The van der Waals surface area contributed by atoms with Gasteiger partial charge in [-0.1, -0.05) is 34.6 Å². The largest absolute Gasteiger partial charge is 0.313 e. The number of aryl methyl sites for hydroxylation is 2. The molecule has 17 heavy (non-hydrogen) atoms. The van der Waals surface area contributed by atoms with E-state index < -0.39 is 0 Å². The normalized spacial score (nSPS) is 14.0. The van der Waals surface area contributed by atoms with Crippen LogP contribution in [0.4, 0.5) is 0 Å². The lowest BCUT2D eigenvalue weighted by Crippen LogP contribution is -2.42. The summed E-state index contributed by atoms with van der Waals surface area (Å²) in [6.45, 7) is 12.2. The maximum atomic E-state index is 4.51. The molecule has 0 bridgehead atoms. The summed E-state index contributed by atoms with van der Waals surface area (Å²) in [6, 6.07) is 2.73. The minimum atomic E-state index is 0.270. The summed E-state index contributed by atoms with van der Waals surface area (Å²) < 4.78 is 2.02. The maximum Gasteiger partial charge on any atom is 0.0624 e. The van der Waals surface area contributed by atoms with Gasteiger partial charge < -0.3 is 5.32 Å². The van der Waals surface area contributed by atoms with E-state index in [9.17, 15) is 0 Å². The summed E-state index contributed by atoms with van der Waals surface area (Å²) in [4.78, 5) is 0. The van der Waals surface area contributed by atoms with Gasteiger partial charge in [-0.25, -0.2) is 0 Å². The van der Waals surface area contributed by atoms with Crippen molar-refractivity contribution in [2.45, 2.75) is 53.5 Å². The Morgan fingerprint density at radius 1 is 1.35 bits per heavy atom. The highest BCUT2D eigenvalue weighted by Gasteiger charge is 2.25. The molecular weight excluding hydrogens is 210 g/mol. The molecule has 3 nitrogen and oxygen atoms in total. The third-order valence-electron chi connectivity index (χ3n) is 3.30. The Bertz CT molecular complexity index is 347. The maximum absolute atomic E-state index is 4.51. The third-order valence-corrected chi connectivity index (χ3v) is 3.30. The van der Waals surface area contributed by atoms with E-state index in [4.69, 9.17) is 0 Å². The van der Waals surface area contributed by atoms with Crippen LogP contribution in [-0.2, 0) is 19.9 Å². The highest BCUT2D eigenvalue weighted by molar-refractivity contribution is 5.12. The average molecular weight is 237 g/mol. The Morgan fingerprint density at radius 3 is 2.41 bits per heavy atom. The molecule has 0 amide bonds. The summed E-state index contributed by atoms with van der Waals surface area (Å²) in [6.07, 6.45) is 2.05. The van der Waals surface area contributed by atoms with Gasteiger partial charge in [-0.3, -0.25) is 4.68 Å². The molecule has 0 radical (unpaired) electrons. The minimum Gasteiger partial charge on any atom is -0.313 e. The van der Waals surface area contributed by atoms with E-state index in [1.165, 1.54) is 11.4 Å². The number of aromatic nitrogens is 2. The van der Waals surface area contributed by atoms with Crippen LogP contribution in [0.2, 0.25) is 0 Å². The fraction of sp³-hybridized carbons (Fsp3) is 0.786. The molecule has 98 valence electrons. The van der Waals surface area contributed by atoms with Crippen molar-refractivity contribution in [1.82, 2.24) is 15.1 Å². The zero-order chi connectivity index (χ0) is 13.1. The van der Waals surface area contributed by atoms with Crippen LogP contribution < -0.4 is 5.32 Å². The van der Waals surface area contributed by atoms with E-state index in [2.05, 4.69) is 51.1 Å². The molecule has 1 rings (SSSR count). The Balaban J connectivity index is 2.82. The molecule has 3 heteroatoms. The topological polar surface area (TPSA) is 29.9 Å². The molecule has 1 heterocycles. The van der Waals surface area contributed by atoms with Gasteiger partial charge in [-0.05, 0) is 24.4 Å². The van der Waals surface area contributed by atoms with Crippen molar-refractivity contribution < 1.29 is 0 Å². The first-order chi connectivity index (χ1) is 7.88. The quantitative estimate of drug-likeness (QED) is 0.853. The van der Waals surface area contributed by atoms with Gasteiger partial charge >= 0.3 is 0 Å². The van der Waals surface area contributed by atoms with Crippen molar-refractivity contribution in [3.05, 3.63) is 17.5 Å². The van der Waals surface area contributed by atoms with Crippen molar-refractivity contribution in [3.8, 4) is 0 Å². The first-order valence-corrected chi connectivity index (χ1v) is 6.63. The standard InChI is InChI=1S/C14H27N3/c1-7-11-9-12(17(6)16-11)10-13(15-8-2)14(3,4)5/h9,13,15H,7-8,10H2,1-6H3. The number of likely N-dealkylation sites (N-methyl/N-ethyl adjacent to an activating group) is 1. The van der Waals surface area contributed by atoms with E-state index in [1.54, 1.807) is 0 Å². The van der Waals surface area contributed by atoms with Crippen molar-refractivity contribution in [1.29, 1.82) is 0 Å². The number of nitrogens with zero attached hydrogens (tertiary/aromatic N) is 2. The third kappa shape index (κ3) is 3.84. The van der Waals surface area contributed by atoms with Crippen molar-refractivity contribution >= 4 is 0 Å². The smallest absolute Gasteiger partial charge is 0.0624 e. The second-order valence-electron chi connectivity index (χ2n) is 5.78. The Labute approximate surface area is 106 Å². The zero-order valence-corrected chi connectivity index (χ0v) is 12.2. The lowest BCUT2D eigenvalue weighted by molar-refractivity contribution is 0.266. The van der Waals surface area contributed by atoms with Crippen LogP contribution in [0.3, 0.4) is 0 Å². The Hall–Kier alpha value is -0.830. The van der Waals surface area contributed by atoms with Gasteiger partial charge in [-0.2, -0.15) is 5.10 Å². The van der Waals surface area contributed by atoms with E-state index in [-0.39, 0.29) is 5.41 Å². The lowest BCUT2D eigenvalue weighted by atomic mass is 9.84. The fourth-order valence-electron chi connectivity index (χ4n) is 2.08. The van der Waals surface area contributed by atoms with Gasteiger partial charge in [0.25, 0.3) is 0 Å². The fourth-order valence-corrected chi connectivity index (χ4v) is 2.08. The van der Waals surface area contributed by atoms with E-state index in [0.29, 0.717) is 6.04 Å². The first kappa shape index (κ1) is 14.2. The molecule has 0 spiro atoms. The molecule has 0 aliphatic rings. The molecule has 0 fully saturated rings. The molecule has 1 unspecified atom stereocenters. The second kappa shape index (κ2) is 5.67. The van der Waals surface area contributed by atoms with E-state index in [0.717, 1.165) is 19.4 Å². The minimum absolute atomic E-state index is 0.270. The summed E-state index contributed by atoms with van der Waals surface area (Å²) in [5.41, 5.74) is 2.78. The number of nitrogens with one attached hydrogen (secondary N) is 1. The van der Waals surface area contributed by atoms with Gasteiger partial charge in [0.05, 0.1) is 5.69 Å². The van der Waals surface area contributed by atoms with Crippen LogP contribution in [0.15, 0.2) is 6.07 Å². The molecule has 1 aromatic heterocycles. The van der Waals surface area contributed by atoms with E-state index >= 15 is 0 Å². The molecule has 1 aromatic rings. The Morgan fingerprint density at radius 2 is 2.00 bits per heavy atom. The molecular formula is C14H27N3. The predicted octanol–water partition coefficient (Wildman–Crippen LogP) is 2.55. The number of hydrogen-bond donors (Lipinski definition) is 1. The summed E-state index contributed by atoms with van der Waals surface area (Å²) in [5, 5.41) is 8.10. The predicted molar refractivity (Wildman–Crippen MR) is 73.2 cm³/mol. The summed E-state index contributed by atoms with van der Waals surface area (Å²) in [7, 11) is 2.04. The molecule has 0 aromatic carbocycles. The second-order valence-corrected chi connectivity index (χ2v) is 5.78. The van der Waals surface area contributed by atoms with Crippen molar-refractivity contribution in [2.24, 2.45) is 12.5 Å². The molecule has 1 atom stereocenters. The van der Waals surface area contributed by atoms with Crippen LogP contribution >= 0.6 is 0 Å². The van der Waals surface area contributed by atoms with Gasteiger partial charge in [0.2, 0.25) is 0 Å². The first-order valence-electron chi connectivity index (χ1n) is 6.63. The Kier molecular flexibility index (Phi) is 4.75. The van der Waals surface area contributed by atoms with Crippen LogP contribution in [0.25, 0.3) is 0 Å². The van der Waals surface area contributed by atoms with Gasteiger partial charge in [0, 0.05) is 25.2 Å². The number of rotatable bonds is 5. The number of hydrogen-bond acceptors (Lipinski definition) is 2. The molecule has 1 N–H and O–H groups in total. The van der Waals surface area contributed by atoms with Gasteiger partial charge in [0.15, 0.2) is 0 Å². The molecule has 0 saturated carbocycles.